The van der Waals surface area contributed by atoms with Crippen molar-refractivity contribution in [1.82, 2.24) is 10.4 Å². The largest absolute Gasteiger partial charge is 0.497 e. The average molecular weight is 463 g/mol. The van der Waals surface area contributed by atoms with E-state index in [1.54, 1.807) is 0 Å². The van der Waals surface area contributed by atoms with Crippen LogP contribution in [0.2, 0.25) is 0 Å². The SMILES string of the molecule is COc1ccc(S(=O)(=O)C2(CC(=O)NO)CCN(C(=O)OCc3ccccc3)CC2)cc1. The zero-order chi connectivity index (χ0) is 23.2. The van der Waals surface area contributed by atoms with Crippen molar-refractivity contribution in [3.63, 3.8) is 0 Å². The molecular formula is C22H26N2O7S. The number of carbonyl (C=O) groups is 2. The van der Waals surface area contributed by atoms with Gasteiger partial charge in [0.15, 0.2) is 9.84 Å². The first-order valence-electron chi connectivity index (χ1n) is 10.1. The van der Waals surface area contributed by atoms with Crippen LogP contribution in [-0.4, -0.2) is 55.5 Å². The van der Waals surface area contributed by atoms with Crippen LogP contribution in [0.1, 0.15) is 24.8 Å². The van der Waals surface area contributed by atoms with Crippen LogP contribution in [0.25, 0.3) is 0 Å². The zero-order valence-corrected chi connectivity index (χ0v) is 18.5. The molecule has 172 valence electrons. The van der Waals surface area contributed by atoms with E-state index in [1.807, 2.05) is 30.3 Å². The van der Waals surface area contributed by atoms with Gasteiger partial charge in [-0.3, -0.25) is 10.0 Å². The van der Waals surface area contributed by atoms with Crippen LogP contribution >= 0.6 is 0 Å². The number of nitrogens with zero attached hydrogens (tertiary/aromatic N) is 1. The van der Waals surface area contributed by atoms with Crippen molar-refractivity contribution >= 4 is 21.8 Å². The van der Waals surface area contributed by atoms with Gasteiger partial charge in [-0.1, -0.05) is 30.3 Å². The molecule has 1 aliphatic rings. The second-order valence-corrected chi connectivity index (χ2v) is 9.95. The minimum Gasteiger partial charge on any atom is -0.497 e. The number of hydroxylamine groups is 1. The first kappa shape index (κ1) is 23.6. The summed E-state index contributed by atoms with van der Waals surface area (Å²) in [6.45, 7) is 0.307. The lowest BCUT2D eigenvalue weighted by molar-refractivity contribution is -0.130. The summed E-state index contributed by atoms with van der Waals surface area (Å²) in [7, 11) is -2.49. The summed E-state index contributed by atoms with van der Waals surface area (Å²) in [4.78, 5) is 25.9. The van der Waals surface area contributed by atoms with Crippen molar-refractivity contribution in [2.75, 3.05) is 20.2 Å². The summed E-state index contributed by atoms with van der Waals surface area (Å²) in [5.74, 6) is -0.302. The maximum atomic E-state index is 13.5. The summed E-state index contributed by atoms with van der Waals surface area (Å²) < 4.78 is 36.0. The van der Waals surface area contributed by atoms with Crippen molar-refractivity contribution in [3.05, 3.63) is 60.2 Å². The first-order chi connectivity index (χ1) is 15.3. The molecule has 1 aliphatic heterocycles. The monoisotopic (exact) mass is 462 g/mol. The Kier molecular flexibility index (Phi) is 7.37. The highest BCUT2D eigenvalue weighted by Crippen LogP contribution is 2.39. The fourth-order valence-corrected chi connectivity index (χ4v) is 5.82. The molecule has 1 fully saturated rings. The van der Waals surface area contributed by atoms with Crippen molar-refractivity contribution in [1.29, 1.82) is 0 Å². The molecule has 10 heteroatoms. The van der Waals surface area contributed by atoms with Crippen molar-refractivity contribution in [2.45, 2.75) is 35.5 Å². The van der Waals surface area contributed by atoms with Gasteiger partial charge in [-0.15, -0.1) is 0 Å². The molecule has 0 aliphatic carbocycles. The van der Waals surface area contributed by atoms with Gasteiger partial charge in [-0.25, -0.2) is 18.7 Å². The Morgan fingerprint density at radius 3 is 2.25 bits per heavy atom. The predicted molar refractivity (Wildman–Crippen MR) is 115 cm³/mol. The van der Waals surface area contributed by atoms with E-state index >= 15 is 0 Å². The van der Waals surface area contributed by atoms with Gasteiger partial charge in [0.2, 0.25) is 5.91 Å². The second-order valence-electron chi connectivity index (χ2n) is 7.60. The molecule has 0 saturated carbocycles. The van der Waals surface area contributed by atoms with Crippen LogP contribution in [0.4, 0.5) is 4.79 Å². The number of hydrogen-bond donors (Lipinski definition) is 2. The Hall–Kier alpha value is -3.11. The molecule has 0 atom stereocenters. The minimum absolute atomic E-state index is 0.0230. The van der Waals surface area contributed by atoms with Crippen molar-refractivity contribution < 1.29 is 32.7 Å². The highest BCUT2D eigenvalue weighted by Gasteiger charge is 2.49. The first-order valence-corrected chi connectivity index (χ1v) is 11.6. The highest BCUT2D eigenvalue weighted by molar-refractivity contribution is 7.92. The van der Waals surface area contributed by atoms with Crippen LogP contribution in [0.3, 0.4) is 0 Å². The smallest absolute Gasteiger partial charge is 0.410 e. The number of carbonyl (C=O) groups excluding carboxylic acids is 2. The third-order valence-corrected chi connectivity index (χ3v) is 8.27. The Morgan fingerprint density at radius 2 is 1.69 bits per heavy atom. The maximum absolute atomic E-state index is 13.5. The summed E-state index contributed by atoms with van der Waals surface area (Å²) in [5.41, 5.74) is 2.36. The molecule has 0 aromatic heterocycles. The van der Waals surface area contributed by atoms with Crippen LogP contribution in [-0.2, 0) is 26.0 Å². The maximum Gasteiger partial charge on any atom is 0.410 e. The van der Waals surface area contributed by atoms with E-state index < -0.39 is 33.0 Å². The molecule has 9 nitrogen and oxygen atoms in total. The van der Waals surface area contributed by atoms with Gasteiger partial charge in [0.25, 0.3) is 0 Å². The van der Waals surface area contributed by atoms with Crippen molar-refractivity contribution in [2.24, 2.45) is 0 Å². The van der Waals surface area contributed by atoms with Gasteiger partial charge >= 0.3 is 6.09 Å². The van der Waals surface area contributed by atoms with Gasteiger partial charge in [-0.2, -0.15) is 0 Å². The van der Waals surface area contributed by atoms with Gasteiger partial charge in [0.1, 0.15) is 12.4 Å². The van der Waals surface area contributed by atoms with Gasteiger partial charge in [0.05, 0.1) is 16.8 Å². The summed E-state index contributed by atoms with van der Waals surface area (Å²) >= 11 is 0. The Morgan fingerprint density at radius 1 is 1.06 bits per heavy atom. The number of ether oxygens (including phenoxy) is 2. The average Bonchev–Trinajstić information content (AvgIpc) is 2.83. The number of sulfone groups is 1. The summed E-state index contributed by atoms with van der Waals surface area (Å²) in [6.07, 6.45) is -0.925. The normalized spacial score (nSPS) is 15.6. The topological polar surface area (TPSA) is 122 Å². The number of hydrogen-bond acceptors (Lipinski definition) is 7. The highest BCUT2D eigenvalue weighted by atomic mass is 32.2. The molecule has 2 amide bonds. The molecule has 2 aromatic rings. The number of benzene rings is 2. The predicted octanol–water partition coefficient (Wildman–Crippen LogP) is 2.54. The summed E-state index contributed by atoms with van der Waals surface area (Å²) in [5, 5.41) is 9.01. The lowest BCUT2D eigenvalue weighted by Crippen LogP contribution is -2.52. The van der Waals surface area contributed by atoms with E-state index in [9.17, 15) is 18.0 Å². The number of methoxy groups -OCH3 is 1. The molecule has 0 spiro atoms. The molecule has 0 bridgehead atoms. The van der Waals surface area contributed by atoms with Crippen LogP contribution in [0.15, 0.2) is 59.5 Å². The molecule has 1 heterocycles. The molecule has 32 heavy (non-hydrogen) atoms. The molecule has 3 rings (SSSR count). The van der Waals surface area contributed by atoms with E-state index in [4.69, 9.17) is 14.7 Å². The van der Waals surface area contributed by atoms with E-state index in [2.05, 4.69) is 0 Å². The lowest BCUT2D eigenvalue weighted by atomic mass is 9.92. The molecule has 0 radical (unpaired) electrons. The van der Waals surface area contributed by atoms with Crippen LogP contribution in [0, 0.1) is 0 Å². The number of likely N-dealkylation sites (tertiary alicyclic amines) is 1. The van der Waals surface area contributed by atoms with E-state index in [0.29, 0.717) is 5.75 Å². The standard InChI is InChI=1S/C22H26N2O7S/c1-30-18-7-9-19(10-8-18)32(28,29)22(15-20(25)23-27)11-13-24(14-12-22)21(26)31-16-17-5-3-2-4-6-17/h2-10,27H,11-16H2,1H3,(H,23,25). The fraction of sp³-hybridized carbons (Fsp3) is 0.364. The fourth-order valence-electron chi connectivity index (χ4n) is 3.78. The molecule has 2 N–H and O–H groups in total. The second kappa shape index (κ2) is 10.0. The van der Waals surface area contributed by atoms with Crippen LogP contribution < -0.4 is 10.2 Å². The Balaban J connectivity index is 1.75. The third-order valence-electron chi connectivity index (χ3n) is 5.69. The Labute approximate surface area is 186 Å². The number of piperidine rings is 1. The van der Waals surface area contributed by atoms with Crippen LogP contribution in [0.5, 0.6) is 5.75 Å². The molecule has 1 saturated heterocycles. The third kappa shape index (κ3) is 5.03. The van der Waals surface area contributed by atoms with Gasteiger partial charge in [0, 0.05) is 19.5 Å². The van der Waals surface area contributed by atoms with E-state index in [-0.39, 0.29) is 37.4 Å². The lowest BCUT2D eigenvalue weighted by Gasteiger charge is -2.40. The number of nitrogens with one attached hydrogen (secondary N) is 1. The molecule has 2 aromatic carbocycles. The molecule has 0 unspecified atom stereocenters. The minimum atomic E-state index is -3.96. The molecular weight excluding hydrogens is 436 g/mol. The zero-order valence-electron chi connectivity index (χ0n) is 17.7. The van der Waals surface area contributed by atoms with E-state index in [0.717, 1.165) is 5.56 Å². The number of rotatable bonds is 7. The quantitative estimate of drug-likeness (QED) is 0.479. The van der Waals surface area contributed by atoms with Gasteiger partial charge < -0.3 is 14.4 Å². The number of amides is 2. The van der Waals surface area contributed by atoms with Gasteiger partial charge in [-0.05, 0) is 42.7 Å². The summed E-state index contributed by atoms with van der Waals surface area (Å²) in [6, 6.07) is 15.1. The van der Waals surface area contributed by atoms with E-state index in [1.165, 1.54) is 41.8 Å². The Bertz CT molecular complexity index is 1030. The van der Waals surface area contributed by atoms with Crippen molar-refractivity contribution in [3.8, 4) is 5.75 Å².